The van der Waals surface area contributed by atoms with Crippen molar-refractivity contribution in [3.05, 3.63) is 59.2 Å². The van der Waals surface area contributed by atoms with E-state index in [-0.39, 0.29) is 5.91 Å². The summed E-state index contributed by atoms with van der Waals surface area (Å²) >= 11 is 0. The Bertz CT molecular complexity index is 712. The van der Waals surface area contributed by atoms with Crippen LogP contribution in [0.25, 0.3) is 0 Å². The summed E-state index contributed by atoms with van der Waals surface area (Å²) in [6.07, 6.45) is 0. The quantitative estimate of drug-likeness (QED) is 0.762. The molecule has 0 fully saturated rings. The number of hydrazine groups is 1. The molecule has 0 aliphatic heterocycles. The number of carbonyl (C=O) groups is 2. The van der Waals surface area contributed by atoms with Crippen molar-refractivity contribution in [3.63, 3.8) is 0 Å². The van der Waals surface area contributed by atoms with E-state index in [2.05, 4.69) is 16.2 Å². The van der Waals surface area contributed by atoms with Gasteiger partial charge in [0.15, 0.2) is 0 Å². The minimum atomic E-state index is -0.535. The molecule has 2 rings (SSSR count). The Hall–Kier alpha value is -3.02. The van der Waals surface area contributed by atoms with Crippen LogP contribution in [-0.4, -0.2) is 19.0 Å². The predicted molar refractivity (Wildman–Crippen MR) is 88.5 cm³/mol. The second-order valence-electron chi connectivity index (χ2n) is 5.06. The van der Waals surface area contributed by atoms with Crippen LogP contribution in [0.2, 0.25) is 0 Å². The number of hydrogen-bond donors (Lipinski definition) is 3. The highest BCUT2D eigenvalue weighted by atomic mass is 16.5. The van der Waals surface area contributed by atoms with Crippen molar-refractivity contribution >= 4 is 17.6 Å². The van der Waals surface area contributed by atoms with Crippen LogP contribution in [0.4, 0.5) is 10.5 Å². The standard InChI is InChI=1S/C17H19N3O3/c1-11-4-5-13(10-12(11)2)16(21)19-20-17(22)18-14-6-8-15(23-3)9-7-14/h4-10H,1-3H3,(H,19,21)(H2,18,20,22). The maximum absolute atomic E-state index is 12.0. The Morgan fingerprint density at radius 3 is 2.22 bits per heavy atom. The summed E-state index contributed by atoms with van der Waals surface area (Å²) in [7, 11) is 1.57. The van der Waals surface area contributed by atoms with Crippen molar-refractivity contribution in [1.82, 2.24) is 10.9 Å². The molecule has 6 nitrogen and oxygen atoms in total. The number of aryl methyl sites for hydroxylation is 2. The first-order valence-electron chi connectivity index (χ1n) is 7.08. The van der Waals surface area contributed by atoms with Crippen LogP contribution in [0.5, 0.6) is 5.75 Å². The van der Waals surface area contributed by atoms with E-state index in [0.717, 1.165) is 11.1 Å². The highest BCUT2D eigenvalue weighted by molar-refractivity contribution is 5.97. The Kier molecular flexibility index (Phi) is 5.19. The van der Waals surface area contributed by atoms with E-state index < -0.39 is 6.03 Å². The van der Waals surface area contributed by atoms with Gasteiger partial charge >= 0.3 is 6.03 Å². The lowest BCUT2D eigenvalue weighted by Gasteiger charge is -2.10. The molecule has 0 spiro atoms. The summed E-state index contributed by atoms with van der Waals surface area (Å²) in [4.78, 5) is 23.7. The van der Waals surface area contributed by atoms with E-state index in [1.165, 1.54) is 0 Å². The molecule has 0 saturated heterocycles. The summed E-state index contributed by atoms with van der Waals surface area (Å²) in [5.74, 6) is 0.317. The Balaban J connectivity index is 1.87. The van der Waals surface area contributed by atoms with Crippen LogP contribution < -0.4 is 20.9 Å². The second-order valence-corrected chi connectivity index (χ2v) is 5.06. The van der Waals surface area contributed by atoms with E-state index in [1.54, 1.807) is 43.5 Å². The first-order chi connectivity index (χ1) is 11.0. The fourth-order valence-electron chi connectivity index (χ4n) is 1.91. The van der Waals surface area contributed by atoms with Gasteiger partial charge in [0.2, 0.25) is 0 Å². The van der Waals surface area contributed by atoms with Gasteiger partial charge in [-0.2, -0.15) is 0 Å². The third kappa shape index (κ3) is 4.47. The fourth-order valence-corrected chi connectivity index (χ4v) is 1.91. The summed E-state index contributed by atoms with van der Waals surface area (Å²) in [6.45, 7) is 3.90. The van der Waals surface area contributed by atoms with E-state index in [1.807, 2.05) is 19.9 Å². The number of anilines is 1. The normalized spacial score (nSPS) is 9.87. The Morgan fingerprint density at radius 2 is 1.61 bits per heavy atom. The summed E-state index contributed by atoms with van der Waals surface area (Å²) in [5.41, 5.74) is 7.86. The highest BCUT2D eigenvalue weighted by Gasteiger charge is 2.08. The number of methoxy groups -OCH3 is 1. The van der Waals surface area contributed by atoms with Crippen molar-refractivity contribution in [2.45, 2.75) is 13.8 Å². The van der Waals surface area contributed by atoms with Gasteiger partial charge in [0, 0.05) is 11.3 Å². The molecule has 0 aliphatic carbocycles. The van der Waals surface area contributed by atoms with E-state index in [4.69, 9.17) is 4.74 Å². The van der Waals surface area contributed by atoms with Crippen LogP contribution in [0.15, 0.2) is 42.5 Å². The van der Waals surface area contributed by atoms with Crippen LogP contribution in [0.3, 0.4) is 0 Å². The van der Waals surface area contributed by atoms with Crippen molar-refractivity contribution in [1.29, 1.82) is 0 Å². The molecule has 0 radical (unpaired) electrons. The summed E-state index contributed by atoms with van der Waals surface area (Å²) < 4.78 is 5.03. The smallest absolute Gasteiger partial charge is 0.337 e. The number of hydrogen-bond acceptors (Lipinski definition) is 3. The van der Waals surface area contributed by atoms with Crippen molar-refractivity contribution < 1.29 is 14.3 Å². The minimum Gasteiger partial charge on any atom is -0.497 e. The topological polar surface area (TPSA) is 79.5 Å². The van der Waals surface area contributed by atoms with Crippen molar-refractivity contribution in [3.8, 4) is 5.75 Å². The van der Waals surface area contributed by atoms with E-state index >= 15 is 0 Å². The molecule has 23 heavy (non-hydrogen) atoms. The lowest BCUT2D eigenvalue weighted by Crippen LogP contribution is -2.43. The van der Waals surface area contributed by atoms with E-state index in [9.17, 15) is 9.59 Å². The average molecular weight is 313 g/mol. The van der Waals surface area contributed by atoms with Crippen molar-refractivity contribution in [2.75, 3.05) is 12.4 Å². The molecular weight excluding hydrogens is 294 g/mol. The number of nitrogens with one attached hydrogen (secondary N) is 3. The molecular formula is C17H19N3O3. The summed E-state index contributed by atoms with van der Waals surface area (Å²) in [5, 5.41) is 2.60. The van der Waals surface area contributed by atoms with Gasteiger partial charge in [-0.15, -0.1) is 0 Å². The van der Waals surface area contributed by atoms with Gasteiger partial charge in [-0.3, -0.25) is 10.2 Å². The minimum absolute atomic E-state index is 0.377. The number of carbonyl (C=O) groups excluding carboxylic acids is 2. The Morgan fingerprint density at radius 1 is 0.913 bits per heavy atom. The van der Waals surface area contributed by atoms with Crippen LogP contribution >= 0.6 is 0 Å². The van der Waals surface area contributed by atoms with Crippen molar-refractivity contribution in [2.24, 2.45) is 0 Å². The lowest BCUT2D eigenvalue weighted by molar-refractivity contribution is 0.0938. The zero-order chi connectivity index (χ0) is 16.8. The van der Waals surface area contributed by atoms with Gasteiger partial charge in [0.05, 0.1) is 7.11 Å². The molecule has 0 unspecified atom stereocenters. The predicted octanol–water partition coefficient (Wildman–Crippen LogP) is 2.78. The number of rotatable bonds is 3. The highest BCUT2D eigenvalue weighted by Crippen LogP contribution is 2.14. The monoisotopic (exact) mass is 313 g/mol. The largest absolute Gasteiger partial charge is 0.497 e. The van der Waals surface area contributed by atoms with Crippen LogP contribution in [0.1, 0.15) is 21.5 Å². The molecule has 0 saturated carbocycles. The first kappa shape index (κ1) is 16.4. The lowest BCUT2D eigenvalue weighted by atomic mass is 10.1. The molecule has 3 amide bonds. The third-order valence-electron chi connectivity index (χ3n) is 3.41. The number of ether oxygens (including phenoxy) is 1. The molecule has 0 bridgehead atoms. The molecule has 0 atom stereocenters. The second kappa shape index (κ2) is 7.31. The average Bonchev–Trinajstić information content (AvgIpc) is 2.56. The molecule has 0 aliphatic rings. The van der Waals surface area contributed by atoms with Gasteiger partial charge < -0.3 is 10.1 Å². The number of urea groups is 1. The SMILES string of the molecule is COc1ccc(NC(=O)NNC(=O)c2ccc(C)c(C)c2)cc1. The number of amides is 3. The molecule has 3 N–H and O–H groups in total. The third-order valence-corrected chi connectivity index (χ3v) is 3.41. The van der Waals surface area contributed by atoms with Crippen LogP contribution in [0, 0.1) is 13.8 Å². The molecule has 120 valence electrons. The van der Waals surface area contributed by atoms with Gasteiger partial charge in [0.1, 0.15) is 5.75 Å². The number of benzene rings is 2. The summed E-state index contributed by atoms with van der Waals surface area (Å²) in [6, 6.07) is 11.7. The van der Waals surface area contributed by atoms with Gasteiger partial charge in [-0.1, -0.05) is 6.07 Å². The zero-order valence-electron chi connectivity index (χ0n) is 13.3. The Labute approximate surface area is 134 Å². The molecule has 2 aromatic rings. The first-order valence-corrected chi connectivity index (χ1v) is 7.08. The fraction of sp³-hybridized carbons (Fsp3) is 0.176. The zero-order valence-corrected chi connectivity index (χ0v) is 13.3. The molecule has 0 aromatic heterocycles. The maximum Gasteiger partial charge on any atom is 0.337 e. The van der Waals surface area contributed by atoms with Crippen LogP contribution in [-0.2, 0) is 0 Å². The molecule has 0 heterocycles. The van der Waals surface area contributed by atoms with Gasteiger partial charge in [-0.05, 0) is 61.4 Å². The van der Waals surface area contributed by atoms with E-state index in [0.29, 0.717) is 17.0 Å². The van der Waals surface area contributed by atoms with Gasteiger partial charge in [-0.25, -0.2) is 10.2 Å². The maximum atomic E-state index is 12.0. The molecule has 6 heteroatoms. The van der Waals surface area contributed by atoms with Gasteiger partial charge in [0.25, 0.3) is 5.91 Å². The molecule has 2 aromatic carbocycles.